The Bertz CT molecular complexity index is 1050. The number of rotatable bonds is 10. The van der Waals surface area contributed by atoms with Gasteiger partial charge in [0.1, 0.15) is 21.8 Å². The fourth-order valence-corrected chi connectivity index (χ4v) is 5.72. The number of anilines is 1. The zero-order chi connectivity index (χ0) is 24.7. The summed E-state index contributed by atoms with van der Waals surface area (Å²) < 4.78 is 7.72. The third-order valence-electron chi connectivity index (χ3n) is 6.36. The van der Waals surface area contributed by atoms with Gasteiger partial charge in [-0.25, -0.2) is 0 Å². The van der Waals surface area contributed by atoms with Crippen LogP contribution in [0.2, 0.25) is 0 Å². The van der Waals surface area contributed by atoms with Crippen molar-refractivity contribution in [2.45, 2.75) is 65.8 Å². The molecular weight excluding hydrogens is 468 g/mol. The molecule has 2 aliphatic rings. The SMILES string of the molecule is CCCCCCCCN1C(=O)/C(=C/c2c(C)c(C#N)c(=O)n(CC)c2N2CCOCC2)SC1=S. The van der Waals surface area contributed by atoms with Gasteiger partial charge in [0.15, 0.2) is 0 Å². The molecule has 184 valence electrons. The second-order valence-corrected chi connectivity index (χ2v) is 10.3. The largest absolute Gasteiger partial charge is 0.378 e. The predicted molar refractivity (Wildman–Crippen MR) is 142 cm³/mol. The lowest BCUT2D eigenvalue weighted by molar-refractivity contribution is -0.122. The molecule has 34 heavy (non-hydrogen) atoms. The quantitative estimate of drug-likeness (QED) is 0.266. The van der Waals surface area contributed by atoms with Gasteiger partial charge in [-0.15, -0.1) is 0 Å². The summed E-state index contributed by atoms with van der Waals surface area (Å²) in [6.45, 7) is 9.35. The van der Waals surface area contributed by atoms with Crippen LogP contribution in [0.4, 0.5) is 5.82 Å². The van der Waals surface area contributed by atoms with Crippen molar-refractivity contribution in [3.8, 4) is 6.07 Å². The second-order valence-electron chi connectivity index (χ2n) is 8.60. The Morgan fingerprint density at radius 3 is 2.44 bits per heavy atom. The molecule has 2 saturated heterocycles. The summed E-state index contributed by atoms with van der Waals surface area (Å²) in [5.41, 5.74) is 1.16. The number of pyridine rings is 1. The van der Waals surface area contributed by atoms with Crippen molar-refractivity contribution < 1.29 is 9.53 Å². The van der Waals surface area contributed by atoms with E-state index in [9.17, 15) is 14.9 Å². The van der Waals surface area contributed by atoms with Gasteiger partial charge in [0.25, 0.3) is 11.5 Å². The van der Waals surface area contributed by atoms with E-state index in [1.54, 1.807) is 16.4 Å². The minimum Gasteiger partial charge on any atom is -0.378 e. The van der Waals surface area contributed by atoms with Crippen LogP contribution >= 0.6 is 24.0 Å². The Labute approximate surface area is 211 Å². The van der Waals surface area contributed by atoms with Crippen molar-refractivity contribution in [2.24, 2.45) is 0 Å². The molecule has 1 amide bonds. The zero-order valence-electron chi connectivity index (χ0n) is 20.4. The van der Waals surface area contributed by atoms with Gasteiger partial charge >= 0.3 is 0 Å². The molecular formula is C25H34N4O3S2. The van der Waals surface area contributed by atoms with Crippen LogP contribution in [0.15, 0.2) is 9.70 Å². The topological polar surface area (TPSA) is 78.6 Å². The van der Waals surface area contributed by atoms with Crippen molar-refractivity contribution >= 4 is 46.1 Å². The van der Waals surface area contributed by atoms with Crippen LogP contribution < -0.4 is 10.5 Å². The first kappa shape index (κ1) is 26.5. The van der Waals surface area contributed by atoms with Crippen molar-refractivity contribution in [1.29, 1.82) is 5.26 Å². The second kappa shape index (κ2) is 12.5. The highest BCUT2D eigenvalue weighted by Crippen LogP contribution is 2.36. The molecule has 2 fully saturated rings. The molecule has 0 saturated carbocycles. The van der Waals surface area contributed by atoms with Crippen molar-refractivity contribution in [3.05, 3.63) is 31.9 Å². The molecule has 0 spiro atoms. The number of nitriles is 1. The standard InChI is InChI=1S/C25H34N4O3S2/c1-4-6-7-8-9-10-11-29-24(31)21(34-25(29)33)16-19-18(3)20(17-26)23(30)28(5-2)22(19)27-12-14-32-15-13-27/h16H,4-15H2,1-3H3/b21-16-. The van der Waals surface area contributed by atoms with Gasteiger partial charge in [0.05, 0.1) is 18.1 Å². The van der Waals surface area contributed by atoms with Crippen LogP contribution in [0, 0.1) is 18.3 Å². The minimum absolute atomic E-state index is 0.0939. The van der Waals surface area contributed by atoms with Crippen LogP contribution in [-0.4, -0.2) is 52.5 Å². The fourth-order valence-electron chi connectivity index (χ4n) is 4.43. The molecule has 7 nitrogen and oxygen atoms in total. The number of carbonyl (C=O) groups excluding carboxylic acids is 1. The van der Waals surface area contributed by atoms with Gasteiger partial charge in [-0.05, 0) is 31.9 Å². The zero-order valence-corrected chi connectivity index (χ0v) is 22.0. The summed E-state index contributed by atoms with van der Waals surface area (Å²) in [4.78, 5) is 30.6. The Kier molecular flexibility index (Phi) is 9.74. The van der Waals surface area contributed by atoms with Crippen molar-refractivity contribution in [3.63, 3.8) is 0 Å². The monoisotopic (exact) mass is 502 g/mol. The maximum Gasteiger partial charge on any atom is 0.270 e. The summed E-state index contributed by atoms with van der Waals surface area (Å²) in [6, 6.07) is 2.08. The highest BCUT2D eigenvalue weighted by Gasteiger charge is 2.33. The Balaban J connectivity index is 1.93. The molecule has 3 heterocycles. The van der Waals surface area contributed by atoms with Crippen LogP contribution in [0.25, 0.3) is 6.08 Å². The van der Waals surface area contributed by atoms with Gasteiger partial charge < -0.3 is 9.64 Å². The number of thioether (sulfide) groups is 1. The molecule has 3 rings (SSSR count). The van der Waals surface area contributed by atoms with E-state index in [1.807, 2.05) is 13.0 Å². The van der Waals surface area contributed by atoms with Gasteiger partial charge in [-0.2, -0.15) is 5.26 Å². The minimum atomic E-state index is -0.295. The summed E-state index contributed by atoms with van der Waals surface area (Å²) in [5, 5.41) is 9.70. The lowest BCUT2D eigenvalue weighted by Crippen LogP contribution is -2.41. The fraction of sp³-hybridized carbons (Fsp3) is 0.600. The first-order valence-electron chi connectivity index (χ1n) is 12.2. The molecule has 0 aliphatic carbocycles. The number of aromatic nitrogens is 1. The van der Waals surface area contributed by atoms with Gasteiger partial charge in [-0.1, -0.05) is 63.0 Å². The van der Waals surface area contributed by atoms with Gasteiger partial charge in [0, 0.05) is 31.7 Å². The Morgan fingerprint density at radius 1 is 1.12 bits per heavy atom. The highest BCUT2D eigenvalue weighted by atomic mass is 32.2. The highest BCUT2D eigenvalue weighted by molar-refractivity contribution is 8.26. The van der Waals surface area contributed by atoms with E-state index in [4.69, 9.17) is 17.0 Å². The third-order valence-corrected chi connectivity index (χ3v) is 7.74. The first-order valence-corrected chi connectivity index (χ1v) is 13.4. The average molecular weight is 503 g/mol. The maximum absolute atomic E-state index is 13.2. The number of nitrogens with zero attached hydrogens (tertiary/aromatic N) is 4. The van der Waals surface area contributed by atoms with Crippen LogP contribution in [0.1, 0.15) is 69.1 Å². The maximum atomic E-state index is 13.2. The Hall–Kier alpha value is -2.15. The number of morpholine rings is 1. The number of hydrogen-bond acceptors (Lipinski definition) is 7. The molecule has 1 aromatic heterocycles. The number of hydrogen-bond donors (Lipinski definition) is 0. The van der Waals surface area contributed by atoms with Crippen LogP contribution in [0.3, 0.4) is 0 Å². The van der Waals surface area contributed by atoms with Crippen molar-refractivity contribution in [1.82, 2.24) is 9.47 Å². The first-order chi connectivity index (χ1) is 16.4. The molecule has 9 heteroatoms. The number of carbonyl (C=O) groups is 1. The summed E-state index contributed by atoms with van der Waals surface area (Å²) in [7, 11) is 0. The van der Waals surface area contributed by atoms with E-state index < -0.39 is 0 Å². The van der Waals surface area contributed by atoms with E-state index in [-0.39, 0.29) is 17.0 Å². The molecule has 0 aromatic carbocycles. The molecule has 0 N–H and O–H groups in total. The number of unbranched alkanes of at least 4 members (excludes halogenated alkanes) is 5. The van der Waals surface area contributed by atoms with Gasteiger partial charge in [-0.3, -0.25) is 19.1 Å². The Morgan fingerprint density at radius 2 is 1.79 bits per heavy atom. The van der Waals surface area contributed by atoms with E-state index in [1.165, 1.54) is 37.4 Å². The van der Waals surface area contributed by atoms with Crippen LogP contribution in [-0.2, 0) is 16.1 Å². The molecule has 0 bridgehead atoms. The number of amides is 1. The van der Waals surface area contributed by atoms with E-state index >= 15 is 0 Å². The number of ether oxygens (including phenoxy) is 1. The predicted octanol–water partition coefficient (Wildman–Crippen LogP) is 4.45. The van der Waals surface area contributed by atoms with E-state index in [0.29, 0.717) is 54.2 Å². The number of thiocarbonyl (C=S) groups is 1. The molecule has 2 aliphatic heterocycles. The van der Waals surface area contributed by atoms with Crippen molar-refractivity contribution in [2.75, 3.05) is 37.7 Å². The summed E-state index contributed by atoms with van der Waals surface area (Å²) in [5.74, 6) is 0.650. The average Bonchev–Trinajstić information content (AvgIpc) is 3.10. The molecule has 1 aromatic rings. The summed E-state index contributed by atoms with van der Waals surface area (Å²) >= 11 is 6.83. The smallest absolute Gasteiger partial charge is 0.270 e. The summed E-state index contributed by atoms with van der Waals surface area (Å²) in [6.07, 6.45) is 8.71. The molecule has 0 atom stereocenters. The van der Waals surface area contributed by atoms with Crippen LogP contribution in [0.5, 0.6) is 0 Å². The van der Waals surface area contributed by atoms with E-state index in [2.05, 4.69) is 17.9 Å². The molecule has 0 radical (unpaired) electrons. The lowest BCUT2D eigenvalue weighted by Gasteiger charge is -2.33. The van der Waals surface area contributed by atoms with Gasteiger partial charge in [0.2, 0.25) is 0 Å². The lowest BCUT2D eigenvalue weighted by atomic mass is 10.0. The van der Waals surface area contributed by atoms with E-state index in [0.717, 1.165) is 24.2 Å². The normalized spacial score (nSPS) is 17.6. The molecule has 0 unspecified atom stereocenters. The third kappa shape index (κ3) is 5.73.